The van der Waals surface area contributed by atoms with Gasteiger partial charge in [0.05, 0.1) is 16.3 Å². The first-order valence-electron chi connectivity index (χ1n) is 8.00. The largest absolute Gasteiger partial charge is 0.349 e. The van der Waals surface area contributed by atoms with Crippen molar-refractivity contribution in [2.24, 2.45) is 0 Å². The Balaban J connectivity index is 1.52. The predicted octanol–water partition coefficient (Wildman–Crippen LogP) is 3.78. The summed E-state index contributed by atoms with van der Waals surface area (Å²) in [5.74, 6) is -0.161. The lowest BCUT2D eigenvalue weighted by atomic mass is 10.0. The number of rotatable bonds is 4. The number of carbonyl (C=O) groups is 1. The fourth-order valence-corrected chi connectivity index (χ4v) is 3.27. The van der Waals surface area contributed by atoms with Crippen molar-refractivity contribution in [2.45, 2.75) is 25.4 Å². The number of aromatic nitrogens is 1. The number of hydrogen-bond donors (Lipinski definition) is 1. The maximum atomic E-state index is 12.4. The van der Waals surface area contributed by atoms with Gasteiger partial charge in [-0.2, -0.15) is 0 Å². The Bertz CT molecular complexity index is 701. The molecule has 24 heavy (non-hydrogen) atoms. The van der Waals surface area contributed by atoms with Crippen LogP contribution in [0.4, 0.5) is 0 Å². The highest BCUT2D eigenvalue weighted by Crippen LogP contribution is 2.21. The molecule has 6 heteroatoms. The van der Waals surface area contributed by atoms with Crippen LogP contribution in [-0.4, -0.2) is 34.9 Å². The van der Waals surface area contributed by atoms with Gasteiger partial charge in [-0.05, 0) is 43.2 Å². The van der Waals surface area contributed by atoms with Crippen LogP contribution in [0.2, 0.25) is 10.0 Å². The maximum Gasteiger partial charge on any atom is 0.253 e. The molecule has 1 aliphatic rings. The van der Waals surface area contributed by atoms with Crippen molar-refractivity contribution >= 4 is 29.1 Å². The fraction of sp³-hybridized carbons (Fsp3) is 0.333. The molecule has 0 radical (unpaired) electrons. The van der Waals surface area contributed by atoms with Crippen LogP contribution in [0.25, 0.3) is 0 Å². The average molecular weight is 364 g/mol. The van der Waals surface area contributed by atoms with E-state index in [1.165, 1.54) is 0 Å². The second kappa shape index (κ2) is 7.97. The van der Waals surface area contributed by atoms with E-state index in [1.807, 2.05) is 24.4 Å². The Kier molecular flexibility index (Phi) is 5.72. The third-order valence-electron chi connectivity index (χ3n) is 4.21. The van der Waals surface area contributed by atoms with E-state index in [9.17, 15) is 4.79 Å². The molecule has 4 nitrogen and oxygen atoms in total. The molecule has 1 saturated heterocycles. The Morgan fingerprint density at radius 2 is 2.00 bits per heavy atom. The van der Waals surface area contributed by atoms with Gasteiger partial charge in [0, 0.05) is 36.9 Å². The van der Waals surface area contributed by atoms with E-state index >= 15 is 0 Å². The highest BCUT2D eigenvalue weighted by molar-refractivity contribution is 6.35. The molecule has 1 amide bonds. The quantitative estimate of drug-likeness (QED) is 0.898. The molecular formula is C18H19Cl2N3O. The third kappa shape index (κ3) is 4.47. The second-order valence-corrected chi connectivity index (χ2v) is 6.81. The number of halogens is 2. The topological polar surface area (TPSA) is 45.2 Å². The SMILES string of the molecule is O=C(NC1CCN(Cc2ccccn2)CC1)c1cc(Cl)ccc1Cl. The van der Waals surface area contributed by atoms with Crippen LogP contribution < -0.4 is 5.32 Å². The van der Waals surface area contributed by atoms with Gasteiger partial charge in [-0.25, -0.2) is 0 Å². The zero-order valence-electron chi connectivity index (χ0n) is 13.2. The number of carbonyl (C=O) groups excluding carboxylic acids is 1. The first-order valence-corrected chi connectivity index (χ1v) is 8.75. The number of piperidine rings is 1. The van der Waals surface area contributed by atoms with E-state index in [0.717, 1.165) is 38.2 Å². The molecule has 3 rings (SSSR count). The molecule has 126 valence electrons. The third-order valence-corrected chi connectivity index (χ3v) is 4.77. The van der Waals surface area contributed by atoms with E-state index in [-0.39, 0.29) is 11.9 Å². The number of pyridine rings is 1. The lowest BCUT2D eigenvalue weighted by Crippen LogP contribution is -2.44. The van der Waals surface area contributed by atoms with Crippen molar-refractivity contribution in [3.05, 3.63) is 63.9 Å². The van der Waals surface area contributed by atoms with Crippen LogP contribution in [0.1, 0.15) is 28.9 Å². The van der Waals surface area contributed by atoms with Gasteiger partial charge >= 0.3 is 0 Å². The Morgan fingerprint density at radius 1 is 1.21 bits per heavy atom. The van der Waals surface area contributed by atoms with E-state index in [4.69, 9.17) is 23.2 Å². The summed E-state index contributed by atoms with van der Waals surface area (Å²) >= 11 is 12.0. The minimum Gasteiger partial charge on any atom is -0.349 e. The maximum absolute atomic E-state index is 12.4. The summed E-state index contributed by atoms with van der Waals surface area (Å²) in [6.07, 6.45) is 3.64. The van der Waals surface area contributed by atoms with Gasteiger partial charge < -0.3 is 5.32 Å². The van der Waals surface area contributed by atoms with Crippen LogP contribution in [-0.2, 0) is 6.54 Å². The van der Waals surface area contributed by atoms with E-state index in [2.05, 4.69) is 15.2 Å². The van der Waals surface area contributed by atoms with E-state index < -0.39 is 0 Å². The minimum absolute atomic E-state index is 0.160. The van der Waals surface area contributed by atoms with Crippen molar-refractivity contribution in [3.63, 3.8) is 0 Å². The molecule has 2 heterocycles. The standard InChI is InChI=1S/C18H19Cl2N3O/c19-13-4-5-17(20)16(11-13)18(24)22-14-6-9-23(10-7-14)12-15-3-1-2-8-21-15/h1-5,8,11,14H,6-7,9-10,12H2,(H,22,24). The van der Waals surface area contributed by atoms with Gasteiger partial charge in [0.25, 0.3) is 5.91 Å². The molecule has 0 atom stereocenters. The summed E-state index contributed by atoms with van der Waals surface area (Å²) in [4.78, 5) is 19.1. The summed E-state index contributed by atoms with van der Waals surface area (Å²) in [5, 5.41) is 3.99. The molecule has 2 aromatic rings. The van der Waals surface area contributed by atoms with Crippen molar-refractivity contribution in [2.75, 3.05) is 13.1 Å². The fourth-order valence-electron chi connectivity index (χ4n) is 2.89. The van der Waals surface area contributed by atoms with Gasteiger partial charge in [-0.1, -0.05) is 29.3 Å². The number of hydrogen-bond acceptors (Lipinski definition) is 3. The summed E-state index contributed by atoms with van der Waals surface area (Å²) in [7, 11) is 0. The normalized spacial score (nSPS) is 16.1. The van der Waals surface area contributed by atoms with Gasteiger partial charge in [-0.3, -0.25) is 14.7 Å². The molecule has 1 aromatic carbocycles. The number of amides is 1. The van der Waals surface area contributed by atoms with E-state index in [1.54, 1.807) is 18.2 Å². The van der Waals surface area contributed by atoms with Crippen LogP contribution in [0, 0.1) is 0 Å². The monoisotopic (exact) mass is 363 g/mol. The van der Waals surface area contributed by atoms with Crippen LogP contribution >= 0.6 is 23.2 Å². The highest BCUT2D eigenvalue weighted by atomic mass is 35.5. The number of benzene rings is 1. The molecule has 0 bridgehead atoms. The summed E-state index contributed by atoms with van der Waals surface area (Å²) in [6, 6.07) is 11.1. The number of nitrogens with one attached hydrogen (secondary N) is 1. The van der Waals surface area contributed by atoms with Gasteiger partial charge in [0.2, 0.25) is 0 Å². The number of likely N-dealkylation sites (tertiary alicyclic amines) is 1. The lowest BCUT2D eigenvalue weighted by Gasteiger charge is -2.32. The summed E-state index contributed by atoms with van der Waals surface area (Å²) < 4.78 is 0. The minimum atomic E-state index is -0.161. The van der Waals surface area contributed by atoms with Gasteiger partial charge in [0.1, 0.15) is 0 Å². The molecule has 1 fully saturated rings. The highest BCUT2D eigenvalue weighted by Gasteiger charge is 2.22. The van der Waals surface area contributed by atoms with Crippen molar-refractivity contribution in [1.29, 1.82) is 0 Å². The zero-order valence-corrected chi connectivity index (χ0v) is 14.7. The van der Waals surface area contributed by atoms with E-state index in [0.29, 0.717) is 15.6 Å². The van der Waals surface area contributed by atoms with Crippen molar-refractivity contribution in [1.82, 2.24) is 15.2 Å². The zero-order chi connectivity index (χ0) is 16.9. The van der Waals surface area contributed by atoms with Crippen LogP contribution in [0.3, 0.4) is 0 Å². The smallest absolute Gasteiger partial charge is 0.253 e. The van der Waals surface area contributed by atoms with Gasteiger partial charge in [0.15, 0.2) is 0 Å². The Morgan fingerprint density at radius 3 is 2.71 bits per heavy atom. The molecule has 1 N–H and O–H groups in total. The lowest BCUT2D eigenvalue weighted by molar-refractivity contribution is 0.0908. The predicted molar refractivity (Wildman–Crippen MR) is 96.5 cm³/mol. The molecule has 1 aromatic heterocycles. The van der Waals surface area contributed by atoms with Crippen LogP contribution in [0.15, 0.2) is 42.6 Å². The summed E-state index contributed by atoms with van der Waals surface area (Å²) in [6.45, 7) is 2.72. The Labute approximate surface area is 151 Å². The van der Waals surface area contributed by atoms with Crippen molar-refractivity contribution < 1.29 is 4.79 Å². The van der Waals surface area contributed by atoms with Crippen molar-refractivity contribution in [3.8, 4) is 0 Å². The first-order chi connectivity index (χ1) is 11.6. The molecule has 0 aliphatic carbocycles. The molecular weight excluding hydrogens is 345 g/mol. The molecule has 0 saturated carbocycles. The Hall–Kier alpha value is -1.62. The summed E-state index contributed by atoms with van der Waals surface area (Å²) in [5.41, 5.74) is 1.51. The average Bonchev–Trinajstić information content (AvgIpc) is 2.59. The second-order valence-electron chi connectivity index (χ2n) is 5.97. The number of nitrogens with zero attached hydrogens (tertiary/aromatic N) is 2. The molecule has 0 unspecified atom stereocenters. The first kappa shape index (κ1) is 17.2. The molecule has 1 aliphatic heterocycles. The molecule has 0 spiro atoms. The van der Waals surface area contributed by atoms with Crippen LogP contribution in [0.5, 0.6) is 0 Å². The van der Waals surface area contributed by atoms with Gasteiger partial charge in [-0.15, -0.1) is 0 Å².